The minimum atomic E-state index is -1.28. The second-order valence-corrected chi connectivity index (χ2v) is 7.37. The van der Waals surface area contributed by atoms with Crippen LogP contribution < -0.4 is 19.5 Å². The number of carboxylic acids is 1. The molecule has 1 fully saturated rings. The van der Waals surface area contributed by atoms with E-state index in [1.54, 1.807) is 25.3 Å². The molecule has 0 unspecified atom stereocenters. The summed E-state index contributed by atoms with van der Waals surface area (Å²) >= 11 is 6.51. The van der Waals surface area contributed by atoms with Gasteiger partial charge >= 0.3 is 0 Å². The number of nitrogens with zero attached hydrogens (tertiary/aromatic N) is 1. The van der Waals surface area contributed by atoms with Gasteiger partial charge in [-0.25, -0.2) is 0 Å². The van der Waals surface area contributed by atoms with Crippen LogP contribution in [0.15, 0.2) is 47.4 Å². The van der Waals surface area contributed by atoms with Gasteiger partial charge in [0.2, 0.25) is 0 Å². The molecule has 1 aliphatic rings. The van der Waals surface area contributed by atoms with Gasteiger partial charge in [0.25, 0.3) is 5.91 Å². The van der Waals surface area contributed by atoms with Crippen molar-refractivity contribution in [1.29, 1.82) is 0 Å². The zero-order valence-corrected chi connectivity index (χ0v) is 16.8. The van der Waals surface area contributed by atoms with Crippen LogP contribution in [0.1, 0.15) is 22.8 Å². The largest absolute Gasteiger partial charge is 0.545 e. The molecule has 28 heavy (non-hydrogen) atoms. The van der Waals surface area contributed by atoms with Crippen LogP contribution in [0.25, 0.3) is 6.08 Å². The number of hydrogen-bond donors (Lipinski definition) is 0. The summed E-state index contributed by atoms with van der Waals surface area (Å²) in [5, 5.41) is 10.9. The number of rotatable bonds is 6. The molecular formula is C20H16NO5S2-. The minimum Gasteiger partial charge on any atom is -0.545 e. The number of aromatic carboxylic acids is 1. The van der Waals surface area contributed by atoms with Crippen molar-refractivity contribution in [3.63, 3.8) is 0 Å². The smallest absolute Gasteiger partial charge is 0.270 e. The Bertz CT molecular complexity index is 969. The second kappa shape index (κ2) is 8.45. The maximum absolute atomic E-state index is 12.8. The molecule has 3 rings (SSSR count). The van der Waals surface area contributed by atoms with Gasteiger partial charge in [-0.05, 0) is 48.4 Å². The summed E-state index contributed by atoms with van der Waals surface area (Å²) in [4.78, 5) is 25.5. The third-order valence-corrected chi connectivity index (χ3v) is 5.24. The number of thiocarbonyl (C=S) groups is 1. The highest BCUT2D eigenvalue weighted by molar-refractivity contribution is 8.27. The van der Waals surface area contributed by atoms with Crippen LogP contribution in [0, 0.1) is 0 Å². The molecule has 6 nitrogen and oxygen atoms in total. The normalized spacial score (nSPS) is 15.2. The molecule has 0 N–H and O–H groups in total. The summed E-state index contributed by atoms with van der Waals surface area (Å²) in [5.74, 6) is -0.350. The molecule has 0 aromatic heterocycles. The summed E-state index contributed by atoms with van der Waals surface area (Å²) in [6.07, 6.45) is 1.73. The summed E-state index contributed by atoms with van der Waals surface area (Å²) in [5.41, 5.74) is 1.31. The average molecular weight is 414 g/mol. The van der Waals surface area contributed by atoms with E-state index in [2.05, 4.69) is 0 Å². The van der Waals surface area contributed by atoms with Crippen molar-refractivity contribution in [2.24, 2.45) is 0 Å². The molecule has 2 aromatic rings. The van der Waals surface area contributed by atoms with E-state index in [1.807, 2.05) is 13.0 Å². The van der Waals surface area contributed by atoms with Crippen LogP contribution >= 0.6 is 24.0 Å². The lowest BCUT2D eigenvalue weighted by Gasteiger charge is -2.15. The highest BCUT2D eigenvalue weighted by Crippen LogP contribution is 2.37. The first-order valence-electron chi connectivity index (χ1n) is 8.34. The number of anilines is 1. The molecule has 0 atom stereocenters. The maximum atomic E-state index is 12.8. The molecule has 0 aliphatic carbocycles. The zero-order valence-electron chi connectivity index (χ0n) is 15.1. The number of carbonyl (C=O) groups is 2. The van der Waals surface area contributed by atoms with E-state index >= 15 is 0 Å². The van der Waals surface area contributed by atoms with Gasteiger partial charge < -0.3 is 19.4 Å². The summed E-state index contributed by atoms with van der Waals surface area (Å²) in [7, 11) is 1.55. The van der Waals surface area contributed by atoms with Crippen molar-refractivity contribution in [2.45, 2.75) is 6.92 Å². The third-order valence-electron chi connectivity index (χ3n) is 3.94. The quantitative estimate of drug-likeness (QED) is 0.531. The summed E-state index contributed by atoms with van der Waals surface area (Å²) in [6, 6.07) is 11.2. The predicted octanol–water partition coefficient (Wildman–Crippen LogP) is 2.86. The SMILES string of the molecule is CCOc1ccc(C=C2SC(=S)N(c3ccc(C(=O)[O-])cc3)C2=O)cc1OC. The Morgan fingerprint density at radius 3 is 2.54 bits per heavy atom. The van der Waals surface area contributed by atoms with Crippen LogP contribution in [-0.4, -0.2) is 29.9 Å². The van der Waals surface area contributed by atoms with Crippen molar-refractivity contribution in [1.82, 2.24) is 0 Å². The molecule has 2 aromatic carbocycles. The predicted molar refractivity (Wildman–Crippen MR) is 111 cm³/mol. The van der Waals surface area contributed by atoms with Gasteiger partial charge in [-0.1, -0.05) is 42.2 Å². The Hall–Kier alpha value is -2.84. The monoisotopic (exact) mass is 414 g/mol. The number of amides is 1. The molecule has 0 spiro atoms. The molecular weight excluding hydrogens is 398 g/mol. The molecule has 1 amide bonds. The van der Waals surface area contributed by atoms with E-state index in [0.717, 1.165) is 5.56 Å². The van der Waals surface area contributed by atoms with Gasteiger partial charge in [-0.15, -0.1) is 0 Å². The molecule has 0 saturated carbocycles. The van der Waals surface area contributed by atoms with E-state index in [1.165, 1.54) is 40.9 Å². The lowest BCUT2D eigenvalue weighted by Crippen LogP contribution is -2.28. The molecule has 1 saturated heterocycles. The fourth-order valence-electron chi connectivity index (χ4n) is 2.64. The van der Waals surface area contributed by atoms with Crippen molar-refractivity contribution < 1.29 is 24.2 Å². The lowest BCUT2D eigenvalue weighted by atomic mass is 10.1. The van der Waals surface area contributed by atoms with Crippen LogP contribution in [-0.2, 0) is 4.79 Å². The number of carboxylic acid groups (broad SMARTS) is 1. The topological polar surface area (TPSA) is 78.9 Å². The van der Waals surface area contributed by atoms with Crippen LogP contribution in [0.2, 0.25) is 0 Å². The Kier molecular flexibility index (Phi) is 6.01. The Morgan fingerprint density at radius 2 is 1.93 bits per heavy atom. The van der Waals surface area contributed by atoms with E-state index in [-0.39, 0.29) is 11.5 Å². The van der Waals surface area contributed by atoms with Crippen molar-refractivity contribution >= 4 is 51.9 Å². The number of ether oxygens (including phenoxy) is 2. The van der Waals surface area contributed by atoms with Crippen LogP contribution in [0.3, 0.4) is 0 Å². The van der Waals surface area contributed by atoms with Crippen molar-refractivity contribution in [3.05, 3.63) is 58.5 Å². The maximum Gasteiger partial charge on any atom is 0.270 e. The zero-order chi connectivity index (χ0) is 20.3. The fraction of sp³-hybridized carbons (Fsp3) is 0.150. The standard InChI is InChI=1S/C20H17NO5S2/c1-3-26-15-9-4-12(10-16(15)25-2)11-17-18(22)21(20(27)28-17)14-7-5-13(6-8-14)19(23)24/h4-11H,3H2,1-2H3,(H,23,24)/p-1. The van der Waals surface area contributed by atoms with Gasteiger partial charge in [0.1, 0.15) is 0 Å². The number of methoxy groups -OCH3 is 1. The number of carbonyl (C=O) groups excluding carboxylic acids is 2. The number of benzene rings is 2. The lowest BCUT2D eigenvalue weighted by molar-refractivity contribution is -0.255. The Morgan fingerprint density at radius 1 is 1.21 bits per heavy atom. The van der Waals surface area contributed by atoms with E-state index in [4.69, 9.17) is 21.7 Å². The molecule has 8 heteroatoms. The van der Waals surface area contributed by atoms with E-state index in [9.17, 15) is 14.7 Å². The van der Waals surface area contributed by atoms with E-state index in [0.29, 0.717) is 33.0 Å². The van der Waals surface area contributed by atoms with Crippen molar-refractivity contribution in [3.8, 4) is 11.5 Å². The average Bonchev–Trinajstić information content (AvgIpc) is 2.96. The van der Waals surface area contributed by atoms with E-state index < -0.39 is 5.97 Å². The first kappa shape index (κ1) is 19.9. The molecule has 1 aliphatic heterocycles. The Labute approximate surface area is 171 Å². The van der Waals surface area contributed by atoms with Crippen LogP contribution in [0.4, 0.5) is 5.69 Å². The highest BCUT2D eigenvalue weighted by atomic mass is 32.2. The van der Waals surface area contributed by atoms with Crippen LogP contribution in [0.5, 0.6) is 11.5 Å². The minimum absolute atomic E-state index is 0.0335. The first-order chi connectivity index (χ1) is 13.4. The number of thioether (sulfide) groups is 1. The van der Waals surface area contributed by atoms with Crippen molar-refractivity contribution in [2.75, 3.05) is 18.6 Å². The summed E-state index contributed by atoms with van der Waals surface area (Å²) < 4.78 is 11.2. The number of hydrogen-bond acceptors (Lipinski definition) is 7. The first-order valence-corrected chi connectivity index (χ1v) is 9.57. The fourth-order valence-corrected chi connectivity index (χ4v) is 3.94. The Balaban J connectivity index is 1.87. The molecule has 144 valence electrons. The van der Waals surface area contributed by atoms with Gasteiger partial charge in [-0.2, -0.15) is 0 Å². The second-order valence-electron chi connectivity index (χ2n) is 5.69. The van der Waals surface area contributed by atoms with Gasteiger partial charge in [0.15, 0.2) is 15.8 Å². The summed E-state index contributed by atoms with van der Waals surface area (Å²) in [6.45, 7) is 2.41. The van der Waals surface area contributed by atoms with Gasteiger partial charge in [0.05, 0.1) is 30.3 Å². The molecule has 0 radical (unpaired) electrons. The van der Waals surface area contributed by atoms with Gasteiger partial charge in [-0.3, -0.25) is 9.69 Å². The van der Waals surface area contributed by atoms with Gasteiger partial charge in [0, 0.05) is 0 Å². The molecule has 0 bridgehead atoms. The molecule has 1 heterocycles. The third kappa shape index (κ3) is 4.02. The highest BCUT2D eigenvalue weighted by Gasteiger charge is 2.33.